The van der Waals surface area contributed by atoms with Gasteiger partial charge in [-0.25, -0.2) is 14.4 Å². The Morgan fingerprint density at radius 1 is 0.915 bits per heavy atom. The molecule has 0 saturated carbocycles. The predicted octanol–water partition coefficient (Wildman–Crippen LogP) is 6.16. The van der Waals surface area contributed by atoms with Crippen molar-refractivity contribution in [1.82, 2.24) is 15.5 Å². The Morgan fingerprint density at radius 3 is 2.10 bits per heavy atom. The maximum absolute atomic E-state index is 13.8. The zero-order chi connectivity index (χ0) is 44.8. The van der Waals surface area contributed by atoms with Crippen LogP contribution in [0.1, 0.15) is 108 Å². The minimum atomic E-state index is -1.05. The van der Waals surface area contributed by atoms with E-state index in [1.165, 1.54) is 4.90 Å². The topological polar surface area (TPSA) is 203 Å². The lowest BCUT2D eigenvalue weighted by atomic mass is 9.80. The molecule has 59 heavy (non-hydrogen) atoms. The number of primary amides is 1. The van der Waals surface area contributed by atoms with Crippen molar-refractivity contribution < 1.29 is 57.1 Å². The Labute approximate surface area is 351 Å². The van der Waals surface area contributed by atoms with Gasteiger partial charge in [0.1, 0.15) is 18.4 Å². The molecule has 1 aliphatic rings. The Balaban J connectivity index is 2.39. The van der Waals surface area contributed by atoms with Crippen LogP contribution in [0.3, 0.4) is 0 Å². The maximum Gasteiger partial charge on any atom is 0.414 e. The van der Waals surface area contributed by atoms with E-state index in [1.54, 1.807) is 62.7 Å². The smallest absolute Gasteiger partial charge is 0.414 e. The number of rotatable bonds is 22. The number of carbonyl (C=O) groups excluding carboxylic acids is 5. The van der Waals surface area contributed by atoms with Crippen LogP contribution in [0.25, 0.3) is 0 Å². The lowest BCUT2D eigenvalue weighted by Crippen LogP contribution is -2.48. The fraction of sp³-hybridized carbons (Fsp3) is 0.744. The monoisotopic (exact) mass is 837 g/mol. The van der Waals surface area contributed by atoms with E-state index in [4.69, 9.17) is 38.9 Å². The second-order valence-electron chi connectivity index (χ2n) is 17.9. The van der Waals surface area contributed by atoms with Gasteiger partial charge in [-0.2, -0.15) is 0 Å². The van der Waals surface area contributed by atoms with Gasteiger partial charge >= 0.3 is 18.2 Å². The van der Waals surface area contributed by atoms with E-state index in [9.17, 15) is 24.0 Å². The molecule has 16 heteroatoms. The molecule has 6 atom stereocenters. The van der Waals surface area contributed by atoms with E-state index in [-0.39, 0.29) is 49.3 Å². The number of esters is 1. The van der Waals surface area contributed by atoms with Crippen LogP contribution in [-0.2, 0) is 44.5 Å². The Bertz CT molecular complexity index is 1540. The minimum Gasteiger partial charge on any atom is -0.493 e. The van der Waals surface area contributed by atoms with Gasteiger partial charge in [0.05, 0.1) is 24.7 Å². The van der Waals surface area contributed by atoms with Crippen molar-refractivity contribution in [3.05, 3.63) is 23.8 Å². The molecule has 1 unspecified atom stereocenters. The molecule has 1 aromatic carbocycles. The van der Waals surface area contributed by atoms with Crippen LogP contribution in [0.5, 0.6) is 11.5 Å². The summed E-state index contributed by atoms with van der Waals surface area (Å²) in [4.78, 5) is 66.4. The molecule has 1 heterocycles. The van der Waals surface area contributed by atoms with E-state index < -0.39 is 72.3 Å². The highest BCUT2D eigenvalue weighted by molar-refractivity contribution is 5.83. The van der Waals surface area contributed by atoms with Crippen molar-refractivity contribution in [2.45, 2.75) is 139 Å². The van der Waals surface area contributed by atoms with Crippen molar-refractivity contribution >= 4 is 30.0 Å². The average molecular weight is 837 g/mol. The molecule has 0 aliphatic carbocycles. The molecule has 4 N–H and O–H groups in total. The number of hydrogen-bond acceptors (Lipinski definition) is 12. The first-order valence-corrected chi connectivity index (χ1v) is 20.6. The van der Waals surface area contributed by atoms with E-state index >= 15 is 0 Å². The van der Waals surface area contributed by atoms with Crippen molar-refractivity contribution in [2.75, 3.05) is 34.3 Å². The Kier molecular flexibility index (Phi) is 19.7. The largest absolute Gasteiger partial charge is 0.493 e. The SMILES string of the molecule is CCC(OC)Oc1cc(C[C@@H](C[C@H]2[C@H](C[C@H](C(=O)NCC(C)(C)C(N)=O)C(C)C)OCN2C(=O)OCOC(=O)[C@@H](NC(=O)OC(C)(C)C)C(C)C)C(C)C)ccc1OC. The van der Waals surface area contributed by atoms with Crippen LogP contribution in [0, 0.1) is 35.0 Å². The molecule has 0 spiro atoms. The quantitative estimate of drug-likeness (QED) is 0.0888. The molecule has 0 radical (unpaired) electrons. The van der Waals surface area contributed by atoms with Crippen LogP contribution in [0.2, 0.25) is 0 Å². The summed E-state index contributed by atoms with van der Waals surface area (Å²) in [6, 6.07) is 4.18. The molecule has 0 aromatic heterocycles. The van der Waals surface area contributed by atoms with Crippen molar-refractivity contribution in [1.29, 1.82) is 0 Å². The maximum atomic E-state index is 13.8. The van der Waals surface area contributed by atoms with Gasteiger partial charge in [0.15, 0.2) is 17.8 Å². The lowest BCUT2D eigenvalue weighted by molar-refractivity contribution is -0.156. The number of amides is 4. The van der Waals surface area contributed by atoms with Crippen molar-refractivity contribution in [3.63, 3.8) is 0 Å². The second kappa shape index (κ2) is 22.9. The number of nitrogens with one attached hydrogen (secondary N) is 2. The molecule has 336 valence electrons. The lowest BCUT2D eigenvalue weighted by Gasteiger charge is -2.33. The summed E-state index contributed by atoms with van der Waals surface area (Å²) in [6.45, 7) is 21.2. The minimum absolute atomic E-state index is 0.0105. The third-order valence-electron chi connectivity index (χ3n) is 10.5. The van der Waals surface area contributed by atoms with Gasteiger partial charge in [-0.1, -0.05) is 54.5 Å². The third kappa shape index (κ3) is 16.0. The van der Waals surface area contributed by atoms with E-state index in [0.29, 0.717) is 30.8 Å². The summed E-state index contributed by atoms with van der Waals surface area (Å²) < 4.78 is 39.6. The van der Waals surface area contributed by atoms with E-state index in [1.807, 2.05) is 39.0 Å². The summed E-state index contributed by atoms with van der Waals surface area (Å²) >= 11 is 0. The highest BCUT2D eigenvalue weighted by Gasteiger charge is 2.43. The third-order valence-corrected chi connectivity index (χ3v) is 10.5. The number of hydrogen-bond donors (Lipinski definition) is 3. The zero-order valence-electron chi connectivity index (χ0n) is 37.8. The fourth-order valence-electron chi connectivity index (χ4n) is 6.56. The predicted molar refractivity (Wildman–Crippen MR) is 221 cm³/mol. The first-order valence-electron chi connectivity index (χ1n) is 20.6. The van der Waals surface area contributed by atoms with Crippen LogP contribution >= 0.6 is 0 Å². The van der Waals surface area contributed by atoms with Crippen LogP contribution in [0.15, 0.2) is 18.2 Å². The molecule has 0 bridgehead atoms. The molecular weight excluding hydrogens is 764 g/mol. The van der Waals surface area contributed by atoms with Gasteiger partial charge < -0.3 is 49.5 Å². The number of nitrogens with two attached hydrogens (primary N) is 1. The van der Waals surface area contributed by atoms with Gasteiger partial charge in [-0.15, -0.1) is 0 Å². The molecule has 2 rings (SSSR count). The number of benzene rings is 1. The number of alkyl carbamates (subject to hydrolysis) is 1. The molecule has 1 aromatic rings. The Morgan fingerprint density at radius 2 is 1.58 bits per heavy atom. The first kappa shape index (κ1) is 50.8. The molecule has 1 saturated heterocycles. The number of carbonyl (C=O) groups is 5. The normalized spacial score (nSPS) is 17.9. The van der Waals surface area contributed by atoms with E-state index in [2.05, 4.69) is 24.5 Å². The van der Waals surface area contributed by atoms with Gasteiger partial charge in [-0.3, -0.25) is 14.5 Å². The van der Waals surface area contributed by atoms with E-state index in [0.717, 1.165) is 5.56 Å². The zero-order valence-corrected chi connectivity index (χ0v) is 37.8. The summed E-state index contributed by atoms with van der Waals surface area (Å²) in [5.74, 6) is -1.30. The highest BCUT2D eigenvalue weighted by atomic mass is 16.7. The standard InChI is InChI=1S/C43H72N4O12/c1-15-35(54-14)58-34-19-28(16-17-32(34)53-13)18-29(25(2)3)20-31-33(21-30(26(4)5)37(48)45-22-43(11,12)39(44)50)55-23-47(31)41(52)57-24-56-38(49)36(27(6)7)46-40(51)59-42(8,9)10/h16-17,19,25-27,29-31,33,35-36H,15,18,20-24H2,1-14H3,(H2,44,50)(H,45,48)(H,46,51)/t29-,30-,31-,33-,35?,36-/m0/s1. The van der Waals surface area contributed by atoms with Crippen LogP contribution < -0.4 is 25.8 Å². The molecular formula is C43H72N4O12. The fourth-order valence-corrected chi connectivity index (χ4v) is 6.56. The van der Waals surface area contributed by atoms with Crippen molar-refractivity contribution in [3.8, 4) is 11.5 Å². The van der Waals surface area contributed by atoms with Gasteiger partial charge in [0.25, 0.3) is 0 Å². The highest BCUT2D eigenvalue weighted by Crippen LogP contribution is 2.36. The number of methoxy groups -OCH3 is 2. The van der Waals surface area contributed by atoms with Crippen molar-refractivity contribution in [2.24, 2.45) is 40.7 Å². The second-order valence-corrected chi connectivity index (χ2v) is 17.9. The summed E-state index contributed by atoms with van der Waals surface area (Å²) in [5.41, 5.74) is 4.81. The van der Waals surface area contributed by atoms with Gasteiger partial charge in [-0.05, 0) is 95.2 Å². The molecule has 1 fully saturated rings. The van der Waals surface area contributed by atoms with Gasteiger partial charge in [0, 0.05) is 26.0 Å². The summed E-state index contributed by atoms with van der Waals surface area (Å²) in [5, 5.41) is 5.43. The Hall–Kier alpha value is -4.31. The first-order chi connectivity index (χ1) is 27.4. The van der Waals surface area contributed by atoms with Crippen LogP contribution in [-0.4, -0.2) is 99.2 Å². The van der Waals surface area contributed by atoms with Gasteiger partial charge in [0.2, 0.25) is 18.6 Å². The molecule has 16 nitrogen and oxygen atoms in total. The number of ether oxygens (including phenoxy) is 7. The number of nitrogens with zero attached hydrogens (tertiary/aromatic N) is 1. The summed E-state index contributed by atoms with van der Waals surface area (Å²) in [6.07, 6.45) is -0.582. The molecule has 4 amide bonds. The average Bonchev–Trinajstić information content (AvgIpc) is 3.54. The van der Waals surface area contributed by atoms with Crippen LogP contribution in [0.4, 0.5) is 9.59 Å². The summed E-state index contributed by atoms with van der Waals surface area (Å²) in [7, 11) is 3.16. The molecule has 1 aliphatic heterocycles.